The van der Waals surface area contributed by atoms with E-state index in [0.29, 0.717) is 32.1 Å². The summed E-state index contributed by atoms with van der Waals surface area (Å²) >= 11 is 1.87. The van der Waals surface area contributed by atoms with Crippen molar-refractivity contribution in [2.75, 3.05) is 55.7 Å². The van der Waals surface area contributed by atoms with Gasteiger partial charge in [0, 0.05) is 63.2 Å². The minimum absolute atomic E-state index is 0.0370. The predicted octanol–water partition coefficient (Wildman–Crippen LogP) is 0.908. The number of nitrogens with one attached hydrogen (secondary N) is 1. The third kappa shape index (κ3) is 5.03. The zero-order valence-corrected chi connectivity index (χ0v) is 16.8. The Morgan fingerprint density at radius 3 is 2.22 bits per heavy atom. The third-order valence-electron chi connectivity index (χ3n) is 4.94. The molecule has 1 aromatic rings. The van der Waals surface area contributed by atoms with E-state index in [1.54, 1.807) is 23.4 Å². The maximum atomic E-state index is 12.9. The van der Waals surface area contributed by atoms with E-state index in [0.717, 1.165) is 24.6 Å². The normalized spacial score (nSPS) is 19.1. The second-order valence-electron chi connectivity index (χ2n) is 7.13. The Kier molecular flexibility index (Phi) is 6.76. The summed E-state index contributed by atoms with van der Waals surface area (Å²) in [6.07, 6.45) is 3.44. The second-order valence-corrected chi connectivity index (χ2v) is 8.36. The molecule has 27 heavy (non-hydrogen) atoms. The van der Waals surface area contributed by atoms with Crippen LogP contribution >= 0.6 is 11.8 Å². The summed E-state index contributed by atoms with van der Waals surface area (Å²) in [6.45, 7) is 8.02. The topological polar surface area (TPSA) is 81.7 Å². The third-order valence-corrected chi connectivity index (χ3v) is 5.88. The largest absolute Gasteiger partial charge is 0.339 e. The van der Waals surface area contributed by atoms with E-state index in [4.69, 9.17) is 0 Å². The smallest absolute Gasteiger partial charge is 0.318 e. The number of urea groups is 1. The number of hydrogen-bond acceptors (Lipinski definition) is 6. The van der Waals surface area contributed by atoms with Crippen LogP contribution in [0.3, 0.4) is 0 Å². The Morgan fingerprint density at radius 2 is 1.63 bits per heavy atom. The van der Waals surface area contributed by atoms with Gasteiger partial charge < -0.3 is 20.0 Å². The van der Waals surface area contributed by atoms with Crippen LogP contribution < -0.4 is 10.2 Å². The number of carbonyl (C=O) groups is 2. The predicted molar refractivity (Wildman–Crippen MR) is 107 cm³/mol. The van der Waals surface area contributed by atoms with Crippen molar-refractivity contribution in [3.63, 3.8) is 0 Å². The monoisotopic (exact) mass is 392 g/mol. The Bertz CT molecular complexity index is 630. The van der Waals surface area contributed by atoms with Crippen molar-refractivity contribution in [3.8, 4) is 0 Å². The van der Waals surface area contributed by atoms with Crippen LogP contribution in [-0.4, -0.2) is 88.5 Å². The molecule has 3 amide bonds. The fourth-order valence-corrected chi connectivity index (χ4v) is 4.19. The first-order valence-electron chi connectivity index (χ1n) is 9.50. The van der Waals surface area contributed by atoms with E-state index in [1.807, 2.05) is 30.5 Å². The Labute approximate surface area is 164 Å². The average Bonchev–Trinajstić information content (AvgIpc) is 2.72. The molecular weight excluding hydrogens is 364 g/mol. The average molecular weight is 393 g/mol. The van der Waals surface area contributed by atoms with Crippen molar-refractivity contribution < 1.29 is 9.59 Å². The van der Waals surface area contributed by atoms with Crippen molar-refractivity contribution in [3.05, 3.63) is 18.5 Å². The molecule has 1 N–H and O–H groups in total. The van der Waals surface area contributed by atoms with Crippen LogP contribution in [0.2, 0.25) is 0 Å². The SMILES string of the molecule is CC(C)[C@H](NC(=O)N1CCN(c2ncccn2)CC1)C(=O)N1CCSCC1. The zero-order chi connectivity index (χ0) is 19.2. The van der Waals surface area contributed by atoms with Crippen LogP contribution in [-0.2, 0) is 4.79 Å². The van der Waals surface area contributed by atoms with Crippen LogP contribution in [0.4, 0.5) is 10.7 Å². The molecule has 2 aliphatic rings. The van der Waals surface area contributed by atoms with Gasteiger partial charge in [-0.25, -0.2) is 14.8 Å². The lowest BCUT2D eigenvalue weighted by molar-refractivity contribution is -0.133. The second kappa shape index (κ2) is 9.25. The van der Waals surface area contributed by atoms with E-state index in [-0.39, 0.29) is 17.9 Å². The summed E-state index contributed by atoms with van der Waals surface area (Å²) in [5.74, 6) is 2.71. The van der Waals surface area contributed by atoms with Gasteiger partial charge in [-0.15, -0.1) is 0 Å². The molecule has 8 nitrogen and oxygen atoms in total. The standard InChI is InChI=1S/C18H28N6O2S/c1-14(2)15(16(25)22-10-12-27-13-11-22)21-18(26)24-8-6-23(7-9-24)17-19-4-3-5-20-17/h3-5,14-15H,6-13H2,1-2H3,(H,21,26)/t15-/m0/s1. The Hall–Kier alpha value is -2.03. The summed E-state index contributed by atoms with van der Waals surface area (Å²) < 4.78 is 0. The summed E-state index contributed by atoms with van der Waals surface area (Å²) in [4.78, 5) is 39.8. The first kappa shape index (κ1) is 19.7. The van der Waals surface area contributed by atoms with Gasteiger partial charge in [-0.1, -0.05) is 13.8 Å². The molecule has 0 spiro atoms. The minimum Gasteiger partial charge on any atom is -0.339 e. The molecule has 148 valence electrons. The quantitative estimate of drug-likeness (QED) is 0.820. The molecule has 2 aliphatic heterocycles. The van der Waals surface area contributed by atoms with Gasteiger partial charge in [0.15, 0.2) is 0 Å². The summed E-state index contributed by atoms with van der Waals surface area (Å²) in [6, 6.07) is 1.15. The van der Waals surface area contributed by atoms with Gasteiger partial charge in [0.05, 0.1) is 0 Å². The van der Waals surface area contributed by atoms with Crippen molar-refractivity contribution in [1.82, 2.24) is 25.1 Å². The molecule has 2 fully saturated rings. The maximum Gasteiger partial charge on any atom is 0.318 e. The number of piperazine rings is 1. The highest BCUT2D eigenvalue weighted by molar-refractivity contribution is 7.99. The summed E-state index contributed by atoms with van der Waals surface area (Å²) in [5, 5.41) is 2.98. The van der Waals surface area contributed by atoms with Crippen LogP contribution in [0.5, 0.6) is 0 Å². The molecule has 0 bridgehead atoms. The first-order valence-corrected chi connectivity index (χ1v) is 10.7. The number of carbonyl (C=O) groups excluding carboxylic acids is 2. The van der Waals surface area contributed by atoms with E-state index in [2.05, 4.69) is 20.2 Å². The number of aromatic nitrogens is 2. The molecule has 9 heteroatoms. The minimum atomic E-state index is -0.476. The maximum absolute atomic E-state index is 12.9. The molecule has 0 saturated carbocycles. The molecule has 0 aliphatic carbocycles. The molecule has 3 rings (SSSR count). The van der Waals surface area contributed by atoms with E-state index in [1.165, 1.54) is 0 Å². The lowest BCUT2D eigenvalue weighted by Gasteiger charge is -2.37. The zero-order valence-electron chi connectivity index (χ0n) is 16.0. The number of hydrogen-bond donors (Lipinski definition) is 1. The van der Waals surface area contributed by atoms with Crippen LogP contribution in [0.25, 0.3) is 0 Å². The van der Waals surface area contributed by atoms with E-state index >= 15 is 0 Å². The van der Waals surface area contributed by atoms with E-state index < -0.39 is 6.04 Å². The molecule has 0 radical (unpaired) electrons. The number of thioether (sulfide) groups is 1. The first-order chi connectivity index (χ1) is 13.1. The fraction of sp³-hybridized carbons (Fsp3) is 0.667. The van der Waals surface area contributed by atoms with Gasteiger partial charge in [-0.3, -0.25) is 4.79 Å². The van der Waals surface area contributed by atoms with Crippen molar-refractivity contribution in [2.45, 2.75) is 19.9 Å². The molecule has 0 unspecified atom stereocenters. The molecule has 2 saturated heterocycles. The lowest BCUT2D eigenvalue weighted by Crippen LogP contribution is -2.58. The van der Waals surface area contributed by atoms with Gasteiger partial charge in [0.1, 0.15) is 6.04 Å². The van der Waals surface area contributed by atoms with Crippen LogP contribution in [0.15, 0.2) is 18.5 Å². The van der Waals surface area contributed by atoms with Crippen LogP contribution in [0.1, 0.15) is 13.8 Å². The highest BCUT2D eigenvalue weighted by Gasteiger charge is 2.31. The number of amides is 3. The van der Waals surface area contributed by atoms with Gasteiger partial charge in [0.2, 0.25) is 11.9 Å². The van der Waals surface area contributed by atoms with Crippen LogP contribution in [0, 0.1) is 5.92 Å². The Morgan fingerprint density at radius 1 is 1.00 bits per heavy atom. The van der Waals surface area contributed by atoms with Crippen molar-refractivity contribution in [1.29, 1.82) is 0 Å². The number of nitrogens with zero attached hydrogens (tertiary/aromatic N) is 5. The lowest BCUT2D eigenvalue weighted by atomic mass is 10.0. The van der Waals surface area contributed by atoms with Gasteiger partial charge in [-0.05, 0) is 12.0 Å². The highest BCUT2D eigenvalue weighted by Crippen LogP contribution is 2.14. The van der Waals surface area contributed by atoms with Gasteiger partial charge >= 0.3 is 6.03 Å². The summed E-state index contributed by atoms with van der Waals surface area (Å²) in [7, 11) is 0. The highest BCUT2D eigenvalue weighted by atomic mass is 32.2. The van der Waals surface area contributed by atoms with Crippen molar-refractivity contribution in [2.24, 2.45) is 5.92 Å². The summed E-state index contributed by atoms with van der Waals surface area (Å²) in [5.41, 5.74) is 0. The van der Waals surface area contributed by atoms with E-state index in [9.17, 15) is 9.59 Å². The molecule has 1 atom stereocenters. The van der Waals surface area contributed by atoms with Crippen molar-refractivity contribution >= 4 is 29.6 Å². The molecular formula is C18H28N6O2S. The Balaban J connectivity index is 1.54. The fourth-order valence-electron chi connectivity index (χ4n) is 3.28. The van der Waals surface area contributed by atoms with Gasteiger partial charge in [-0.2, -0.15) is 11.8 Å². The number of rotatable bonds is 4. The molecule has 0 aromatic carbocycles. The van der Waals surface area contributed by atoms with Gasteiger partial charge in [0.25, 0.3) is 0 Å². The molecule has 3 heterocycles. The number of anilines is 1. The molecule has 1 aromatic heterocycles.